The van der Waals surface area contributed by atoms with Crippen molar-refractivity contribution in [3.63, 3.8) is 0 Å². The number of nitrogens with zero attached hydrogens (tertiary/aromatic N) is 2. The number of carbonyl (C=O) groups excluding carboxylic acids is 1. The highest BCUT2D eigenvalue weighted by Crippen LogP contribution is 2.40. The molecular formula is C19H18BrN3O7. The molecule has 3 heterocycles. The van der Waals surface area contributed by atoms with Crippen molar-refractivity contribution >= 4 is 33.8 Å². The maximum Gasteiger partial charge on any atom is 0.330 e. The Balaban J connectivity index is 1.53. The zero-order valence-corrected chi connectivity index (χ0v) is 17.3. The summed E-state index contributed by atoms with van der Waals surface area (Å²) in [6, 6.07) is 3.04. The fourth-order valence-corrected chi connectivity index (χ4v) is 3.86. The highest BCUT2D eigenvalue weighted by Gasteiger charge is 2.41. The average molecular weight is 480 g/mol. The van der Waals surface area contributed by atoms with Crippen LogP contribution in [0.2, 0.25) is 0 Å². The van der Waals surface area contributed by atoms with Gasteiger partial charge in [0.15, 0.2) is 0 Å². The molecule has 4 rings (SSSR count). The molecule has 11 heteroatoms. The Kier molecular flexibility index (Phi) is 5.35. The Hall–Kier alpha value is -2.76. The Labute approximate surface area is 177 Å². The number of aromatic amines is 1. The Morgan fingerprint density at radius 3 is 2.93 bits per heavy atom. The number of benzene rings is 1. The smallest absolute Gasteiger partial charge is 0.330 e. The van der Waals surface area contributed by atoms with E-state index >= 15 is 0 Å². The molecule has 2 aliphatic heterocycles. The van der Waals surface area contributed by atoms with Gasteiger partial charge in [0.2, 0.25) is 0 Å². The van der Waals surface area contributed by atoms with Crippen LogP contribution in [0.25, 0.3) is 0 Å². The van der Waals surface area contributed by atoms with Crippen LogP contribution in [0, 0.1) is 6.92 Å². The monoisotopic (exact) mass is 479 g/mol. The van der Waals surface area contributed by atoms with Crippen LogP contribution in [0.4, 0.5) is 5.69 Å². The number of hydrogen-bond acceptors (Lipinski definition) is 8. The van der Waals surface area contributed by atoms with Gasteiger partial charge in [0.25, 0.3) is 5.56 Å². The van der Waals surface area contributed by atoms with Gasteiger partial charge in [-0.2, -0.15) is 0 Å². The Morgan fingerprint density at radius 2 is 2.20 bits per heavy atom. The van der Waals surface area contributed by atoms with E-state index in [1.807, 2.05) is 0 Å². The van der Waals surface area contributed by atoms with Gasteiger partial charge in [-0.1, -0.05) is 0 Å². The average Bonchev–Trinajstić information content (AvgIpc) is 3.28. The van der Waals surface area contributed by atoms with E-state index in [0.717, 1.165) is 0 Å². The molecule has 0 unspecified atom stereocenters. The number of aryl methyl sites for hydroxylation is 1. The molecule has 2 aliphatic rings. The second-order valence-electron chi connectivity index (χ2n) is 7.12. The van der Waals surface area contributed by atoms with Crippen molar-refractivity contribution in [2.75, 3.05) is 6.61 Å². The lowest BCUT2D eigenvalue weighted by Crippen LogP contribution is -2.33. The predicted molar refractivity (Wildman–Crippen MR) is 108 cm³/mol. The quantitative estimate of drug-likeness (QED) is 0.554. The maximum atomic E-state index is 12.8. The van der Waals surface area contributed by atoms with Crippen LogP contribution in [0.15, 0.2) is 37.4 Å². The van der Waals surface area contributed by atoms with E-state index in [-0.39, 0.29) is 12.2 Å². The molecule has 0 spiro atoms. The molecule has 0 saturated carbocycles. The summed E-state index contributed by atoms with van der Waals surface area (Å²) in [4.78, 5) is 42.8. The zero-order valence-electron chi connectivity index (χ0n) is 15.7. The summed E-state index contributed by atoms with van der Waals surface area (Å²) in [6.07, 6.45) is 0.445. The number of aromatic hydroxyl groups is 1. The molecule has 0 aliphatic carbocycles. The van der Waals surface area contributed by atoms with Gasteiger partial charge in [-0.25, -0.2) is 4.79 Å². The number of nitrogens with one attached hydrogen (secondary N) is 1. The third-order valence-electron chi connectivity index (χ3n) is 5.13. The first-order valence-corrected chi connectivity index (χ1v) is 9.93. The number of phenols is 1. The van der Waals surface area contributed by atoms with E-state index < -0.39 is 48.2 Å². The van der Waals surface area contributed by atoms with Crippen LogP contribution in [-0.2, 0) is 14.3 Å². The molecule has 3 N–H and O–H groups in total. The van der Waals surface area contributed by atoms with E-state index in [1.54, 1.807) is 13.0 Å². The minimum atomic E-state index is -0.839. The summed E-state index contributed by atoms with van der Waals surface area (Å²) in [5.74, 6) is -1.45. The molecule has 30 heavy (non-hydrogen) atoms. The molecule has 1 saturated heterocycles. The van der Waals surface area contributed by atoms with Crippen molar-refractivity contribution in [1.29, 1.82) is 0 Å². The van der Waals surface area contributed by atoms with Crippen LogP contribution in [0.1, 0.15) is 29.7 Å². The number of phenolic OH excluding ortho intramolecular Hbond substituents is 1. The summed E-state index contributed by atoms with van der Waals surface area (Å²) >= 11 is 3.20. The minimum absolute atomic E-state index is 0.0256. The highest BCUT2D eigenvalue weighted by atomic mass is 79.9. The van der Waals surface area contributed by atoms with Gasteiger partial charge < -0.3 is 19.7 Å². The molecule has 0 amide bonds. The van der Waals surface area contributed by atoms with Gasteiger partial charge in [0.05, 0.1) is 16.8 Å². The number of aliphatic imine (C=N–C) groups is 1. The topological polar surface area (TPSA) is 143 Å². The van der Waals surface area contributed by atoms with E-state index in [1.165, 1.54) is 23.0 Å². The number of esters is 1. The van der Waals surface area contributed by atoms with Crippen molar-refractivity contribution in [1.82, 2.24) is 9.55 Å². The fraction of sp³-hybridized carbons (Fsp3) is 0.368. The molecule has 1 aromatic carbocycles. The Morgan fingerprint density at radius 1 is 1.43 bits per heavy atom. The third kappa shape index (κ3) is 3.59. The van der Waals surface area contributed by atoms with Crippen LogP contribution in [-0.4, -0.2) is 50.8 Å². The number of aromatic nitrogens is 2. The molecule has 158 valence electrons. The third-order valence-corrected chi connectivity index (χ3v) is 5.77. The number of ether oxygens (including phenoxy) is 2. The second kappa shape index (κ2) is 7.82. The van der Waals surface area contributed by atoms with E-state index in [4.69, 9.17) is 9.47 Å². The SMILES string of the molecule is Cc1cn([C@H]2C[C@H](OC(=O)[C@@H]3C=Nc4cc(Br)c(O)cc43)[C@@H](CO)O2)c(=O)[nH]c1=O. The minimum Gasteiger partial charge on any atom is -0.507 e. The summed E-state index contributed by atoms with van der Waals surface area (Å²) < 4.78 is 12.9. The van der Waals surface area contributed by atoms with Crippen molar-refractivity contribution in [2.45, 2.75) is 37.7 Å². The first-order valence-electron chi connectivity index (χ1n) is 9.14. The number of hydrogen-bond donors (Lipinski definition) is 3. The number of fused-ring (bicyclic) bond motifs is 1. The van der Waals surface area contributed by atoms with Crippen molar-refractivity contribution in [2.24, 2.45) is 4.99 Å². The molecule has 1 aromatic heterocycles. The Bertz CT molecular complexity index is 1160. The first kappa shape index (κ1) is 20.5. The van der Waals surface area contributed by atoms with Gasteiger partial charge in [-0.15, -0.1) is 0 Å². The largest absolute Gasteiger partial charge is 0.507 e. The van der Waals surface area contributed by atoms with E-state index in [9.17, 15) is 24.6 Å². The number of aliphatic hydroxyl groups excluding tert-OH is 1. The number of rotatable bonds is 4. The van der Waals surface area contributed by atoms with Crippen LogP contribution >= 0.6 is 15.9 Å². The zero-order chi connectivity index (χ0) is 21.6. The van der Waals surface area contributed by atoms with Gasteiger partial charge >= 0.3 is 11.7 Å². The van der Waals surface area contributed by atoms with Gasteiger partial charge in [-0.05, 0) is 35.0 Å². The molecule has 1 fully saturated rings. The van der Waals surface area contributed by atoms with Gasteiger partial charge in [-0.3, -0.25) is 24.1 Å². The molecule has 2 aromatic rings. The summed E-state index contributed by atoms with van der Waals surface area (Å²) in [7, 11) is 0. The van der Waals surface area contributed by atoms with Gasteiger partial charge in [0.1, 0.15) is 30.1 Å². The number of halogens is 1. The second-order valence-corrected chi connectivity index (χ2v) is 7.97. The van der Waals surface area contributed by atoms with Crippen LogP contribution in [0.5, 0.6) is 5.75 Å². The number of carbonyl (C=O) groups is 1. The van der Waals surface area contributed by atoms with Crippen molar-refractivity contribution in [3.8, 4) is 5.75 Å². The van der Waals surface area contributed by atoms with Crippen molar-refractivity contribution in [3.05, 3.63) is 54.8 Å². The van der Waals surface area contributed by atoms with Crippen LogP contribution in [0.3, 0.4) is 0 Å². The van der Waals surface area contributed by atoms with Crippen molar-refractivity contribution < 1.29 is 24.5 Å². The fourth-order valence-electron chi connectivity index (χ4n) is 3.53. The molecular weight excluding hydrogens is 462 g/mol. The maximum absolute atomic E-state index is 12.8. The standard InChI is InChI=1S/C19H18BrN3O7/c1-8-6-23(19(28)22-17(8)26)16-4-14(15(7-24)29-16)30-18(27)10-5-21-12-3-11(20)13(25)2-9(10)12/h2-3,5-6,10,14-16,24-25H,4,7H2,1H3,(H,22,26,28)/t10-,14+,15-,16-/m1/s1. The lowest BCUT2D eigenvalue weighted by atomic mass is 10.0. The summed E-state index contributed by atoms with van der Waals surface area (Å²) in [6.45, 7) is 1.13. The number of H-pyrrole nitrogens is 1. The molecule has 0 radical (unpaired) electrons. The normalized spacial score (nSPS) is 24.8. The predicted octanol–water partition coefficient (Wildman–Crippen LogP) is 1.00. The summed E-state index contributed by atoms with van der Waals surface area (Å²) in [5, 5.41) is 19.6. The molecule has 10 nitrogen and oxygen atoms in total. The lowest BCUT2D eigenvalue weighted by molar-refractivity contribution is -0.153. The first-order chi connectivity index (χ1) is 14.3. The highest BCUT2D eigenvalue weighted by molar-refractivity contribution is 9.10. The van der Waals surface area contributed by atoms with Gasteiger partial charge in [0, 0.05) is 30.0 Å². The lowest BCUT2D eigenvalue weighted by Gasteiger charge is -2.18. The number of aliphatic hydroxyl groups is 1. The molecule has 0 bridgehead atoms. The van der Waals surface area contributed by atoms with Crippen LogP contribution < -0.4 is 11.2 Å². The van der Waals surface area contributed by atoms with E-state index in [2.05, 4.69) is 25.9 Å². The molecule has 4 atom stereocenters. The van der Waals surface area contributed by atoms with E-state index in [0.29, 0.717) is 21.3 Å². The summed E-state index contributed by atoms with van der Waals surface area (Å²) in [5.41, 5.74) is 0.214.